The van der Waals surface area contributed by atoms with Crippen LogP contribution >= 0.6 is 0 Å². The van der Waals surface area contributed by atoms with Gasteiger partial charge in [-0.2, -0.15) is 0 Å². The molecule has 0 aliphatic carbocycles. The van der Waals surface area contributed by atoms with Gasteiger partial charge >= 0.3 is 12.1 Å². The molecule has 0 fully saturated rings. The van der Waals surface area contributed by atoms with Crippen LogP contribution < -0.4 is 21.7 Å². The molecule has 240 valence electrons. The highest BCUT2D eigenvalue weighted by atomic mass is 16.6. The number of rotatable bonds is 15. The van der Waals surface area contributed by atoms with E-state index in [-0.39, 0.29) is 25.2 Å². The Kier molecular flexibility index (Phi) is 12.7. The minimum absolute atomic E-state index is 0.0122. The fourth-order valence-corrected chi connectivity index (χ4v) is 4.98. The molecule has 2 atom stereocenters. The molecule has 0 spiro atoms. The number of unbranched alkanes of at least 4 members (excludes halogenated alkanes) is 1. The van der Waals surface area contributed by atoms with Gasteiger partial charge in [-0.25, -0.2) is 9.59 Å². The van der Waals surface area contributed by atoms with E-state index in [1.807, 2.05) is 91.0 Å². The van der Waals surface area contributed by atoms with Gasteiger partial charge in [-0.05, 0) is 63.1 Å². The zero-order chi connectivity index (χ0) is 32.9. The molecule has 10 heteroatoms. The largest absolute Gasteiger partial charge is 0.480 e. The smallest absolute Gasteiger partial charge is 0.407 e. The summed E-state index contributed by atoms with van der Waals surface area (Å²) in [5.74, 6) is -2.16. The monoisotopic (exact) mass is 616 g/mol. The molecule has 0 heterocycles. The number of nitrogens with two attached hydrogens (primary N) is 1. The zero-order valence-electron chi connectivity index (χ0n) is 26.1. The summed E-state index contributed by atoms with van der Waals surface area (Å²) in [7, 11) is 0. The number of carbonyl (C=O) groups excluding carboxylic acids is 3. The first kappa shape index (κ1) is 34.8. The van der Waals surface area contributed by atoms with E-state index in [0.29, 0.717) is 19.4 Å². The van der Waals surface area contributed by atoms with Crippen molar-refractivity contribution in [3.8, 4) is 0 Å². The molecule has 3 amide bonds. The number of hydrogen-bond donors (Lipinski definition) is 5. The van der Waals surface area contributed by atoms with Gasteiger partial charge in [-0.3, -0.25) is 9.59 Å². The standard InChI is InChI=1S/C35H44N4O6/c1-34(2,3)45-33(44)37-24-14-13-21-29(32(42)43)38-31(41)28(36)22-23-30(40)39-35(25-15-7-4-8-16-25,26-17-9-5-10-18-26)27-19-11-6-12-20-27/h4-12,15-20,28-29H,13-14,21-24,36H2,1-3H3,(H,37,44)(H,38,41)(H,39,40)(H,42,43)/t28-,29-/m1/s1. The molecule has 0 aromatic heterocycles. The van der Waals surface area contributed by atoms with Crippen LogP contribution in [0.3, 0.4) is 0 Å². The molecule has 0 bridgehead atoms. The first-order valence-electron chi connectivity index (χ1n) is 15.2. The van der Waals surface area contributed by atoms with Gasteiger partial charge in [0.05, 0.1) is 6.04 Å². The molecule has 3 rings (SSSR count). The number of alkyl carbamates (subject to hydrolysis) is 1. The fourth-order valence-electron chi connectivity index (χ4n) is 4.98. The molecule has 10 nitrogen and oxygen atoms in total. The molecule has 3 aromatic rings. The summed E-state index contributed by atoms with van der Waals surface area (Å²) in [6.07, 6.45) is 0.490. The third kappa shape index (κ3) is 10.5. The summed E-state index contributed by atoms with van der Waals surface area (Å²) < 4.78 is 5.17. The van der Waals surface area contributed by atoms with E-state index in [1.165, 1.54) is 0 Å². The van der Waals surface area contributed by atoms with E-state index >= 15 is 0 Å². The van der Waals surface area contributed by atoms with Crippen LogP contribution in [0.5, 0.6) is 0 Å². The molecule has 0 aliphatic rings. The van der Waals surface area contributed by atoms with Crippen molar-refractivity contribution in [2.75, 3.05) is 6.54 Å². The van der Waals surface area contributed by atoms with Crippen molar-refractivity contribution in [2.24, 2.45) is 5.73 Å². The average molecular weight is 617 g/mol. The fraction of sp³-hybridized carbons (Fsp3) is 0.371. The number of amides is 3. The van der Waals surface area contributed by atoms with Crippen LogP contribution in [0.4, 0.5) is 4.79 Å². The van der Waals surface area contributed by atoms with Crippen molar-refractivity contribution in [1.29, 1.82) is 0 Å². The maximum absolute atomic E-state index is 13.5. The Morgan fingerprint density at radius 3 is 1.71 bits per heavy atom. The van der Waals surface area contributed by atoms with Crippen molar-refractivity contribution in [1.82, 2.24) is 16.0 Å². The van der Waals surface area contributed by atoms with Gasteiger partial charge in [0, 0.05) is 13.0 Å². The highest BCUT2D eigenvalue weighted by molar-refractivity contribution is 5.87. The quantitative estimate of drug-likeness (QED) is 0.124. The minimum Gasteiger partial charge on any atom is -0.480 e. The number of ether oxygens (including phenoxy) is 1. The summed E-state index contributed by atoms with van der Waals surface area (Å²) in [4.78, 5) is 49.9. The van der Waals surface area contributed by atoms with Crippen LogP contribution in [0.2, 0.25) is 0 Å². The lowest BCUT2D eigenvalue weighted by atomic mass is 9.77. The van der Waals surface area contributed by atoms with Crippen molar-refractivity contribution >= 4 is 23.9 Å². The summed E-state index contributed by atoms with van der Waals surface area (Å²) in [5, 5.41) is 18.0. The number of benzene rings is 3. The van der Waals surface area contributed by atoms with Crippen LogP contribution in [0.15, 0.2) is 91.0 Å². The number of hydrogen-bond acceptors (Lipinski definition) is 6. The predicted molar refractivity (Wildman–Crippen MR) is 172 cm³/mol. The van der Waals surface area contributed by atoms with Gasteiger partial charge in [0.15, 0.2) is 0 Å². The predicted octanol–water partition coefficient (Wildman–Crippen LogP) is 4.47. The molecule has 0 unspecified atom stereocenters. The van der Waals surface area contributed by atoms with Gasteiger partial charge in [0.25, 0.3) is 0 Å². The van der Waals surface area contributed by atoms with Gasteiger partial charge in [-0.15, -0.1) is 0 Å². The van der Waals surface area contributed by atoms with Crippen LogP contribution in [0, 0.1) is 0 Å². The first-order chi connectivity index (χ1) is 21.4. The summed E-state index contributed by atoms with van der Waals surface area (Å²) in [5.41, 5.74) is 7.10. The Morgan fingerprint density at radius 1 is 0.778 bits per heavy atom. The van der Waals surface area contributed by atoms with Gasteiger partial charge < -0.3 is 31.5 Å². The minimum atomic E-state index is -1.19. The molecular formula is C35H44N4O6. The van der Waals surface area contributed by atoms with Crippen LogP contribution in [0.1, 0.15) is 69.6 Å². The Labute approximate surface area is 264 Å². The lowest BCUT2D eigenvalue weighted by Gasteiger charge is -2.37. The summed E-state index contributed by atoms with van der Waals surface area (Å²) >= 11 is 0. The highest BCUT2D eigenvalue weighted by Gasteiger charge is 2.38. The number of carboxylic acid groups (broad SMARTS) is 1. The number of nitrogens with one attached hydrogen (secondary N) is 3. The first-order valence-corrected chi connectivity index (χ1v) is 15.2. The van der Waals surface area contributed by atoms with Gasteiger partial charge in [-0.1, -0.05) is 91.0 Å². The van der Waals surface area contributed by atoms with Gasteiger partial charge in [0.2, 0.25) is 11.8 Å². The van der Waals surface area contributed by atoms with Gasteiger partial charge in [0.1, 0.15) is 17.2 Å². The van der Waals surface area contributed by atoms with Crippen molar-refractivity contribution in [3.05, 3.63) is 108 Å². The van der Waals surface area contributed by atoms with E-state index in [0.717, 1.165) is 16.7 Å². The Bertz CT molecular complexity index is 1300. The SMILES string of the molecule is CC(C)(C)OC(=O)NCCCC[C@@H](NC(=O)[C@H](N)CCC(=O)NC(c1ccccc1)(c1ccccc1)c1ccccc1)C(=O)O. The summed E-state index contributed by atoms with van der Waals surface area (Å²) in [6, 6.07) is 26.7. The normalized spacial score (nSPS) is 12.8. The second kappa shape index (κ2) is 16.4. The second-order valence-corrected chi connectivity index (χ2v) is 11.9. The number of aliphatic carboxylic acids is 1. The average Bonchev–Trinajstić information content (AvgIpc) is 3.02. The molecule has 45 heavy (non-hydrogen) atoms. The molecule has 6 N–H and O–H groups in total. The molecule has 3 aromatic carbocycles. The third-order valence-electron chi connectivity index (χ3n) is 7.17. The van der Waals surface area contributed by atoms with Crippen molar-refractivity contribution in [3.63, 3.8) is 0 Å². The molecule has 0 aliphatic heterocycles. The van der Waals surface area contributed by atoms with Crippen LogP contribution in [-0.4, -0.2) is 53.2 Å². The second-order valence-electron chi connectivity index (χ2n) is 11.9. The molecule has 0 saturated heterocycles. The third-order valence-corrected chi connectivity index (χ3v) is 7.17. The maximum atomic E-state index is 13.5. The number of carboxylic acids is 1. The molecular weight excluding hydrogens is 572 g/mol. The van der Waals surface area contributed by atoms with E-state index in [9.17, 15) is 24.3 Å². The maximum Gasteiger partial charge on any atom is 0.407 e. The Balaban J connectivity index is 1.61. The molecule has 0 radical (unpaired) electrons. The van der Waals surface area contributed by atoms with E-state index in [4.69, 9.17) is 10.5 Å². The van der Waals surface area contributed by atoms with Crippen LogP contribution in [0.25, 0.3) is 0 Å². The van der Waals surface area contributed by atoms with Crippen molar-refractivity contribution in [2.45, 2.75) is 76.1 Å². The topological polar surface area (TPSA) is 160 Å². The van der Waals surface area contributed by atoms with Crippen molar-refractivity contribution < 1.29 is 29.0 Å². The Hall–Kier alpha value is -4.70. The number of carbonyl (C=O) groups is 4. The van der Waals surface area contributed by atoms with E-state index in [1.54, 1.807) is 20.8 Å². The summed E-state index contributed by atoms with van der Waals surface area (Å²) in [6.45, 7) is 5.59. The van der Waals surface area contributed by atoms with E-state index < -0.39 is 41.2 Å². The van der Waals surface area contributed by atoms with Crippen LogP contribution in [-0.2, 0) is 24.7 Å². The molecule has 0 saturated carbocycles. The lowest BCUT2D eigenvalue weighted by molar-refractivity contribution is -0.142. The Morgan fingerprint density at radius 2 is 1.27 bits per heavy atom. The lowest BCUT2D eigenvalue weighted by Crippen LogP contribution is -2.50. The zero-order valence-corrected chi connectivity index (χ0v) is 26.1. The highest BCUT2D eigenvalue weighted by Crippen LogP contribution is 2.36. The van der Waals surface area contributed by atoms with E-state index in [2.05, 4.69) is 16.0 Å².